The Morgan fingerprint density at radius 2 is 2.00 bits per heavy atom. The van der Waals surface area contributed by atoms with Gasteiger partial charge in [0.2, 0.25) is 0 Å². The molecule has 0 atom stereocenters. The second-order valence-corrected chi connectivity index (χ2v) is 7.02. The third kappa shape index (κ3) is 2.90. The Morgan fingerprint density at radius 1 is 1.39 bits per heavy atom. The molecule has 0 spiro atoms. The Labute approximate surface area is 113 Å². The molecule has 4 nitrogen and oxygen atoms in total. The highest BCUT2D eigenvalue weighted by Crippen LogP contribution is 2.30. The molecule has 0 aromatic carbocycles. The number of nitrogens with two attached hydrogens (primary N) is 1. The molecule has 0 bridgehead atoms. The second-order valence-electron chi connectivity index (χ2n) is 5.93. The zero-order valence-corrected chi connectivity index (χ0v) is 12.2. The molecule has 1 aromatic rings. The molecular formula is C13H22N4S. The normalized spacial score (nSPS) is 17.3. The molecule has 0 unspecified atom stereocenters. The summed E-state index contributed by atoms with van der Waals surface area (Å²) in [6.07, 6.45) is 2.58. The van der Waals surface area contributed by atoms with Crippen LogP contribution in [-0.4, -0.2) is 28.8 Å². The van der Waals surface area contributed by atoms with Gasteiger partial charge in [0.15, 0.2) is 0 Å². The Kier molecular flexibility index (Phi) is 3.73. The minimum absolute atomic E-state index is 0.0548. The highest BCUT2D eigenvalue weighted by molar-refractivity contribution is 7.13. The van der Waals surface area contributed by atoms with Gasteiger partial charge in [-0.2, -0.15) is 0 Å². The van der Waals surface area contributed by atoms with E-state index in [4.69, 9.17) is 16.1 Å². The van der Waals surface area contributed by atoms with Crippen LogP contribution in [0.4, 0.5) is 0 Å². The van der Waals surface area contributed by atoms with Gasteiger partial charge in [0.25, 0.3) is 0 Å². The lowest BCUT2D eigenvalue weighted by molar-refractivity contribution is 0.330. The van der Waals surface area contributed by atoms with Crippen molar-refractivity contribution in [3.8, 4) is 0 Å². The standard InChI is InChI=1S/C13H22N4S/c1-13(2,3)11-10(12(14)15)18-9(16-11)8-17-6-4-5-7-17/h4-8H2,1-3H3,(H3,14,15). The molecule has 18 heavy (non-hydrogen) atoms. The molecule has 1 aromatic heterocycles. The summed E-state index contributed by atoms with van der Waals surface area (Å²) in [5, 5.41) is 8.78. The predicted molar refractivity (Wildman–Crippen MR) is 76.3 cm³/mol. The van der Waals surface area contributed by atoms with Crippen LogP contribution in [0.2, 0.25) is 0 Å². The van der Waals surface area contributed by atoms with Crippen molar-refractivity contribution >= 4 is 17.2 Å². The average molecular weight is 266 g/mol. The average Bonchev–Trinajstić information content (AvgIpc) is 2.85. The van der Waals surface area contributed by atoms with Crippen LogP contribution in [0.1, 0.15) is 49.2 Å². The number of hydrogen-bond acceptors (Lipinski definition) is 4. The van der Waals surface area contributed by atoms with Crippen molar-refractivity contribution < 1.29 is 0 Å². The summed E-state index contributed by atoms with van der Waals surface area (Å²) in [6, 6.07) is 0. The number of nitrogen functional groups attached to an aromatic ring is 1. The van der Waals surface area contributed by atoms with Crippen molar-refractivity contribution in [3.63, 3.8) is 0 Å². The van der Waals surface area contributed by atoms with Crippen molar-refractivity contribution in [3.05, 3.63) is 15.6 Å². The SMILES string of the molecule is CC(C)(C)c1nc(CN2CCCC2)sc1C(=N)N. The smallest absolute Gasteiger partial charge is 0.135 e. The van der Waals surface area contributed by atoms with Crippen LogP contribution < -0.4 is 5.73 Å². The van der Waals surface area contributed by atoms with Crippen molar-refractivity contribution in [2.75, 3.05) is 13.1 Å². The second kappa shape index (κ2) is 4.97. The van der Waals surface area contributed by atoms with E-state index in [0.29, 0.717) is 0 Å². The summed E-state index contributed by atoms with van der Waals surface area (Å²) < 4.78 is 0. The van der Waals surface area contributed by atoms with Gasteiger partial charge in [0.05, 0.1) is 17.1 Å². The van der Waals surface area contributed by atoms with Gasteiger partial charge in [0, 0.05) is 5.41 Å². The molecule has 5 heteroatoms. The summed E-state index contributed by atoms with van der Waals surface area (Å²) in [4.78, 5) is 7.99. The lowest BCUT2D eigenvalue weighted by Gasteiger charge is -2.17. The van der Waals surface area contributed by atoms with Gasteiger partial charge in [-0.15, -0.1) is 11.3 Å². The molecule has 0 amide bonds. The molecule has 1 aliphatic rings. The quantitative estimate of drug-likeness (QED) is 0.652. The summed E-state index contributed by atoms with van der Waals surface area (Å²) in [5.74, 6) is 0.144. The van der Waals surface area contributed by atoms with Gasteiger partial charge in [-0.1, -0.05) is 20.8 Å². The van der Waals surface area contributed by atoms with Crippen LogP contribution >= 0.6 is 11.3 Å². The van der Waals surface area contributed by atoms with Crippen molar-refractivity contribution in [2.24, 2.45) is 5.73 Å². The van der Waals surface area contributed by atoms with Crippen LogP contribution in [0, 0.1) is 5.41 Å². The third-order valence-electron chi connectivity index (χ3n) is 3.18. The zero-order chi connectivity index (χ0) is 13.3. The van der Waals surface area contributed by atoms with E-state index in [0.717, 1.165) is 22.1 Å². The van der Waals surface area contributed by atoms with Crippen LogP contribution in [0.3, 0.4) is 0 Å². The highest BCUT2D eigenvalue weighted by atomic mass is 32.1. The Morgan fingerprint density at radius 3 is 2.44 bits per heavy atom. The fraction of sp³-hybridized carbons (Fsp3) is 0.692. The minimum atomic E-state index is -0.0548. The highest BCUT2D eigenvalue weighted by Gasteiger charge is 2.25. The zero-order valence-electron chi connectivity index (χ0n) is 11.4. The van der Waals surface area contributed by atoms with Gasteiger partial charge in [-0.25, -0.2) is 4.98 Å². The molecule has 0 radical (unpaired) electrons. The summed E-state index contributed by atoms with van der Waals surface area (Å²) >= 11 is 1.58. The Bertz CT molecular complexity index is 438. The van der Waals surface area contributed by atoms with E-state index in [1.54, 1.807) is 11.3 Å². The van der Waals surface area contributed by atoms with E-state index < -0.39 is 0 Å². The Balaban J connectivity index is 2.24. The van der Waals surface area contributed by atoms with Gasteiger partial charge in [-0.3, -0.25) is 10.3 Å². The van der Waals surface area contributed by atoms with Gasteiger partial charge in [-0.05, 0) is 25.9 Å². The van der Waals surface area contributed by atoms with Crippen molar-refractivity contribution in [1.29, 1.82) is 5.41 Å². The first-order valence-corrected chi connectivity index (χ1v) is 7.26. The lowest BCUT2D eigenvalue weighted by Crippen LogP contribution is -2.20. The maximum absolute atomic E-state index is 7.69. The van der Waals surface area contributed by atoms with Crippen molar-refractivity contribution in [2.45, 2.75) is 45.6 Å². The van der Waals surface area contributed by atoms with E-state index in [9.17, 15) is 0 Å². The molecule has 3 N–H and O–H groups in total. The summed E-state index contributed by atoms with van der Waals surface area (Å²) in [5.41, 5.74) is 6.58. The van der Waals surface area contributed by atoms with E-state index in [-0.39, 0.29) is 11.3 Å². The fourth-order valence-corrected chi connectivity index (χ4v) is 3.43. The maximum Gasteiger partial charge on any atom is 0.135 e. The lowest BCUT2D eigenvalue weighted by atomic mass is 9.91. The third-order valence-corrected chi connectivity index (χ3v) is 4.26. The van der Waals surface area contributed by atoms with Crippen LogP contribution in [-0.2, 0) is 12.0 Å². The predicted octanol–water partition coefficient (Wildman–Crippen LogP) is 2.32. The first kappa shape index (κ1) is 13.5. The summed E-state index contributed by atoms with van der Waals surface area (Å²) in [7, 11) is 0. The molecule has 1 fully saturated rings. The number of amidine groups is 1. The van der Waals surface area contributed by atoms with Gasteiger partial charge >= 0.3 is 0 Å². The molecule has 0 aliphatic carbocycles. The monoisotopic (exact) mass is 266 g/mol. The van der Waals surface area contributed by atoms with Crippen LogP contribution in [0.5, 0.6) is 0 Å². The van der Waals surface area contributed by atoms with Gasteiger partial charge in [0.1, 0.15) is 10.8 Å². The number of likely N-dealkylation sites (tertiary alicyclic amines) is 1. The summed E-state index contributed by atoms with van der Waals surface area (Å²) in [6.45, 7) is 9.59. The van der Waals surface area contributed by atoms with E-state index in [1.165, 1.54) is 25.9 Å². The van der Waals surface area contributed by atoms with E-state index in [2.05, 4.69) is 25.7 Å². The molecule has 1 saturated heterocycles. The molecule has 2 rings (SSSR count). The van der Waals surface area contributed by atoms with Gasteiger partial charge < -0.3 is 5.73 Å². The largest absolute Gasteiger partial charge is 0.383 e. The first-order valence-electron chi connectivity index (χ1n) is 6.45. The number of hydrogen-bond donors (Lipinski definition) is 2. The fourth-order valence-electron chi connectivity index (χ4n) is 2.25. The Hall–Kier alpha value is -0.940. The number of thiazole rings is 1. The van der Waals surface area contributed by atoms with Crippen LogP contribution in [0.25, 0.3) is 0 Å². The number of nitrogens with zero attached hydrogens (tertiary/aromatic N) is 2. The first-order chi connectivity index (χ1) is 8.38. The minimum Gasteiger partial charge on any atom is -0.383 e. The number of aromatic nitrogens is 1. The maximum atomic E-state index is 7.69. The van der Waals surface area contributed by atoms with E-state index >= 15 is 0 Å². The molecular weight excluding hydrogens is 244 g/mol. The molecule has 100 valence electrons. The molecule has 1 aliphatic heterocycles. The molecule has 0 saturated carbocycles. The topological polar surface area (TPSA) is 66.0 Å². The number of nitrogens with one attached hydrogen (secondary N) is 1. The van der Waals surface area contributed by atoms with Crippen LogP contribution in [0.15, 0.2) is 0 Å². The molecule has 2 heterocycles. The van der Waals surface area contributed by atoms with Crippen molar-refractivity contribution in [1.82, 2.24) is 9.88 Å². The van der Waals surface area contributed by atoms with E-state index in [1.807, 2.05) is 0 Å². The number of rotatable bonds is 3.